The van der Waals surface area contributed by atoms with Crippen molar-refractivity contribution in [2.24, 2.45) is 5.84 Å². The number of halogens is 1. The maximum absolute atomic E-state index is 5.92. The molecule has 0 aliphatic rings. The standard InChI is InChI=1S/C8H12ClN3O/c1-13-5-7(12-10)8-6(9)3-2-4-11-8/h2-4,7,12H,5,10H2,1H3. The smallest absolute Gasteiger partial charge is 0.0880 e. The summed E-state index contributed by atoms with van der Waals surface area (Å²) in [7, 11) is 1.60. The number of pyridine rings is 1. The lowest BCUT2D eigenvalue weighted by molar-refractivity contribution is 0.166. The Morgan fingerprint density at radius 1 is 1.77 bits per heavy atom. The van der Waals surface area contributed by atoms with Crippen LogP contribution in [0.5, 0.6) is 0 Å². The van der Waals surface area contributed by atoms with Gasteiger partial charge >= 0.3 is 0 Å². The quantitative estimate of drug-likeness (QED) is 0.561. The van der Waals surface area contributed by atoms with E-state index in [0.29, 0.717) is 17.3 Å². The van der Waals surface area contributed by atoms with Crippen LogP contribution in [0.1, 0.15) is 11.7 Å². The summed E-state index contributed by atoms with van der Waals surface area (Å²) in [5.41, 5.74) is 3.29. The molecule has 1 unspecified atom stereocenters. The van der Waals surface area contributed by atoms with Gasteiger partial charge in [-0.05, 0) is 12.1 Å². The van der Waals surface area contributed by atoms with Crippen LogP contribution < -0.4 is 11.3 Å². The van der Waals surface area contributed by atoms with Gasteiger partial charge in [-0.15, -0.1) is 0 Å². The Kier molecular flexibility index (Phi) is 4.11. The highest BCUT2D eigenvalue weighted by molar-refractivity contribution is 6.31. The van der Waals surface area contributed by atoms with E-state index in [1.165, 1.54) is 0 Å². The second kappa shape index (κ2) is 5.14. The molecule has 0 aliphatic carbocycles. The largest absolute Gasteiger partial charge is 0.383 e. The first-order valence-electron chi connectivity index (χ1n) is 3.85. The maximum atomic E-state index is 5.92. The number of rotatable bonds is 4. The molecule has 0 saturated heterocycles. The van der Waals surface area contributed by atoms with E-state index < -0.39 is 0 Å². The average molecular weight is 202 g/mol. The number of ether oxygens (including phenoxy) is 1. The minimum atomic E-state index is -0.168. The zero-order valence-corrected chi connectivity index (χ0v) is 8.08. The van der Waals surface area contributed by atoms with E-state index in [-0.39, 0.29) is 6.04 Å². The third-order valence-corrected chi connectivity index (χ3v) is 1.97. The third-order valence-electron chi connectivity index (χ3n) is 1.65. The molecule has 13 heavy (non-hydrogen) atoms. The summed E-state index contributed by atoms with van der Waals surface area (Å²) in [6, 6.07) is 3.37. The lowest BCUT2D eigenvalue weighted by atomic mass is 10.2. The number of hydrogen-bond acceptors (Lipinski definition) is 4. The Bertz CT molecular complexity index is 269. The molecule has 1 atom stereocenters. The van der Waals surface area contributed by atoms with Gasteiger partial charge in [0.25, 0.3) is 0 Å². The fourth-order valence-electron chi connectivity index (χ4n) is 1.03. The minimum absolute atomic E-state index is 0.168. The van der Waals surface area contributed by atoms with Gasteiger partial charge < -0.3 is 4.74 Å². The molecule has 0 aromatic carbocycles. The number of hydrogen-bond donors (Lipinski definition) is 2. The van der Waals surface area contributed by atoms with Crippen LogP contribution in [-0.4, -0.2) is 18.7 Å². The fraction of sp³-hybridized carbons (Fsp3) is 0.375. The van der Waals surface area contributed by atoms with Gasteiger partial charge in [-0.25, -0.2) is 5.43 Å². The van der Waals surface area contributed by atoms with Crippen LogP contribution in [0.4, 0.5) is 0 Å². The Hall–Kier alpha value is -0.680. The maximum Gasteiger partial charge on any atom is 0.0880 e. The summed E-state index contributed by atoms with van der Waals surface area (Å²) in [5, 5.41) is 0.586. The van der Waals surface area contributed by atoms with Crippen LogP contribution in [0.2, 0.25) is 5.02 Å². The van der Waals surface area contributed by atoms with Crippen LogP contribution >= 0.6 is 11.6 Å². The van der Waals surface area contributed by atoms with Gasteiger partial charge in [0.2, 0.25) is 0 Å². The van der Waals surface area contributed by atoms with E-state index in [0.717, 1.165) is 0 Å². The molecule has 1 aromatic rings. The normalized spacial score (nSPS) is 12.8. The summed E-state index contributed by atoms with van der Waals surface area (Å²) >= 11 is 5.92. The molecular weight excluding hydrogens is 190 g/mol. The molecule has 0 saturated carbocycles. The second-order valence-corrected chi connectivity index (χ2v) is 2.95. The molecule has 1 rings (SSSR count). The molecule has 0 aliphatic heterocycles. The van der Waals surface area contributed by atoms with Gasteiger partial charge in [0, 0.05) is 13.3 Å². The Labute approximate surface area is 82.0 Å². The minimum Gasteiger partial charge on any atom is -0.383 e. The molecule has 0 fully saturated rings. The van der Waals surface area contributed by atoms with Gasteiger partial charge in [0.05, 0.1) is 23.4 Å². The first kappa shape index (κ1) is 10.4. The molecule has 0 bridgehead atoms. The monoisotopic (exact) mass is 201 g/mol. The predicted molar refractivity (Wildman–Crippen MR) is 51.2 cm³/mol. The van der Waals surface area contributed by atoms with E-state index in [1.54, 1.807) is 25.4 Å². The van der Waals surface area contributed by atoms with E-state index in [1.807, 2.05) is 0 Å². The van der Waals surface area contributed by atoms with Gasteiger partial charge in [-0.1, -0.05) is 11.6 Å². The van der Waals surface area contributed by atoms with Crippen molar-refractivity contribution in [1.82, 2.24) is 10.4 Å². The van der Waals surface area contributed by atoms with Gasteiger partial charge in [-0.2, -0.15) is 0 Å². The fourth-order valence-corrected chi connectivity index (χ4v) is 1.28. The molecule has 3 N–H and O–H groups in total. The van der Waals surface area contributed by atoms with Crippen molar-refractivity contribution in [1.29, 1.82) is 0 Å². The number of hydrazine groups is 1. The highest BCUT2D eigenvalue weighted by atomic mass is 35.5. The topological polar surface area (TPSA) is 60.2 Å². The van der Waals surface area contributed by atoms with Crippen LogP contribution in [0, 0.1) is 0 Å². The number of methoxy groups -OCH3 is 1. The first-order valence-corrected chi connectivity index (χ1v) is 4.23. The molecule has 1 heterocycles. The van der Waals surface area contributed by atoms with Crippen molar-refractivity contribution in [2.45, 2.75) is 6.04 Å². The molecule has 5 heteroatoms. The van der Waals surface area contributed by atoms with Crippen LogP contribution in [-0.2, 0) is 4.74 Å². The van der Waals surface area contributed by atoms with E-state index in [2.05, 4.69) is 10.4 Å². The van der Waals surface area contributed by atoms with E-state index >= 15 is 0 Å². The van der Waals surface area contributed by atoms with Gasteiger partial charge in [-0.3, -0.25) is 10.8 Å². The summed E-state index contributed by atoms with van der Waals surface area (Å²) in [6.45, 7) is 0.438. The van der Waals surface area contributed by atoms with Crippen molar-refractivity contribution in [2.75, 3.05) is 13.7 Å². The summed E-state index contributed by atoms with van der Waals surface area (Å²) in [6.07, 6.45) is 1.67. The molecule has 0 radical (unpaired) electrons. The summed E-state index contributed by atoms with van der Waals surface area (Å²) < 4.78 is 4.96. The Balaban J connectivity index is 2.84. The average Bonchev–Trinajstić information content (AvgIpc) is 2.16. The van der Waals surface area contributed by atoms with E-state index in [9.17, 15) is 0 Å². The predicted octanol–water partition coefficient (Wildman–Crippen LogP) is 0.886. The number of nitrogens with zero attached hydrogens (tertiary/aromatic N) is 1. The van der Waals surface area contributed by atoms with Gasteiger partial charge in [0.1, 0.15) is 0 Å². The van der Waals surface area contributed by atoms with Crippen LogP contribution in [0.3, 0.4) is 0 Å². The zero-order valence-electron chi connectivity index (χ0n) is 7.33. The molecule has 4 nitrogen and oxygen atoms in total. The van der Waals surface area contributed by atoms with Crippen molar-refractivity contribution in [3.8, 4) is 0 Å². The van der Waals surface area contributed by atoms with Crippen LogP contribution in [0.25, 0.3) is 0 Å². The molecule has 0 amide bonds. The SMILES string of the molecule is COCC(NN)c1ncccc1Cl. The molecule has 72 valence electrons. The van der Waals surface area contributed by atoms with E-state index in [4.69, 9.17) is 22.2 Å². The Morgan fingerprint density at radius 3 is 3.08 bits per heavy atom. The highest BCUT2D eigenvalue weighted by Gasteiger charge is 2.13. The first-order chi connectivity index (χ1) is 6.29. The lowest BCUT2D eigenvalue weighted by Gasteiger charge is -2.14. The zero-order chi connectivity index (χ0) is 9.68. The lowest BCUT2D eigenvalue weighted by Crippen LogP contribution is -2.31. The number of nitrogens with one attached hydrogen (secondary N) is 1. The number of aromatic nitrogens is 1. The Morgan fingerprint density at radius 2 is 2.54 bits per heavy atom. The van der Waals surface area contributed by atoms with Crippen molar-refractivity contribution in [3.05, 3.63) is 29.0 Å². The number of nitrogens with two attached hydrogens (primary N) is 1. The third kappa shape index (κ3) is 2.63. The molecule has 0 spiro atoms. The highest BCUT2D eigenvalue weighted by Crippen LogP contribution is 2.19. The molecular formula is C8H12ClN3O. The van der Waals surface area contributed by atoms with Crippen LogP contribution in [0.15, 0.2) is 18.3 Å². The molecule has 1 aromatic heterocycles. The van der Waals surface area contributed by atoms with Crippen molar-refractivity contribution < 1.29 is 4.74 Å². The van der Waals surface area contributed by atoms with Crippen molar-refractivity contribution >= 4 is 11.6 Å². The van der Waals surface area contributed by atoms with Gasteiger partial charge in [0.15, 0.2) is 0 Å². The summed E-state index contributed by atoms with van der Waals surface area (Å²) in [5.74, 6) is 5.33. The second-order valence-electron chi connectivity index (χ2n) is 2.55. The van der Waals surface area contributed by atoms with Crippen molar-refractivity contribution in [3.63, 3.8) is 0 Å². The summed E-state index contributed by atoms with van der Waals surface area (Å²) in [4.78, 5) is 4.11.